The second kappa shape index (κ2) is 8.90. The molecule has 0 saturated carbocycles. The van der Waals surface area contributed by atoms with Crippen LogP contribution >= 0.6 is 0 Å². The number of aryl methyl sites for hydroxylation is 1. The summed E-state index contributed by atoms with van der Waals surface area (Å²) in [5, 5.41) is 8.25. The Labute approximate surface area is 192 Å². The van der Waals surface area contributed by atoms with Crippen LogP contribution in [0.4, 0.5) is 11.6 Å². The van der Waals surface area contributed by atoms with Crippen molar-refractivity contribution < 1.29 is 9.32 Å². The van der Waals surface area contributed by atoms with E-state index in [4.69, 9.17) is 4.52 Å². The molecule has 1 N–H and O–H groups in total. The number of aromatic nitrogens is 3. The van der Waals surface area contributed by atoms with Crippen LogP contribution in [-0.2, 0) is 0 Å². The minimum absolute atomic E-state index is 0.0176. The van der Waals surface area contributed by atoms with Gasteiger partial charge in [-0.25, -0.2) is 9.97 Å². The monoisotopic (exact) mass is 442 g/mol. The van der Waals surface area contributed by atoms with E-state index in [1.54, 1.807) is 0 Å². The zero-order valence-corrected chi connectivity index (χ0v) is 18.8. The summed E-state index contributed by atoms with van der Waals surface area (Å²) in [6.45, 7) is 7.45. The van der Waals surface area contributed by atoms with Crippen molar-refractivity contribution in [2.75, 3.05) is 42.9 Å². The van der Waals surface area contributed by atoms with Crippen molar-refractivity contribution in [3.05, 3.63) is 66.0 Å². The number of hydrogen-bond donors (Lipinski definition) is 1. The van der Waals surface area contributed by atoms with Crippen molar-refractivity contribution >= 4 is 28.4 Å². The predicted molar refractivity (Wildman–Crippen MR) is 128 cm³/mol. The van der Waals surface area contributed by atoms with E-state index in [2.05, 4.69) is 25.3 Å². The van der Waals surface area contributed by atoms with E-state index in [0.29, 0.717) is 24.4 Å². The average Bonchev–Trinajstić information content (AvgIpc) is 3.27. The molecule has 2 aromatic carbocycles. The lowest BCUT2D eigenvalue weighted by molar-refractivity contribution is 0.0746. The van der Waals surface area contributed by atoms with Crippen molar-refractivity contribution in [3.63, 3.8) is 0 Å². The molecular formula is C25H26N6O2. The summed E-state index contributed by atoms with van der Waals surface area (Å²) in [6.07, 6.45) is 0. The Hall–Kier alpha value is -3.94. The number of nitrogens with zero attached hydrogens (tertiary/aromatic N) is 5. The highest BCUT2D eigenvalue weighted by Crippen LogP contribution is 2.29. The lowest BCUT2D eigenvalue weighted by atomic mass is 10.1. The lowest BCUT2D eigenvalue weighted by Gasteiger charge is -2.35. The Morgan fingerprint density at radius 1 is 1.03 bits per heavy atom. The Morgan fingerprint density at radius 3 is 2.58 bits per heavy atom. The number of piperazine rings is 1. The molecule has 5 rings (SSSR count). The van der Waals surface area contributed by atoms with Gasteiger partial charge in [0, 0.05) is 49.9 Å². The number of rotatable bonds is 5. The van der Waals surface area contributed by atoms with Gasteiger partial charge in [-0.2, -0.15) is 0 Å². The molecule has 0 atom stereocenters. The SMILES string of the molecule is CCNc1cc(N2CCN(C(=O)c3ccc4noc(-c5ccccc5)c4c3)CC2)nc(C)n1. The van der Waals surface area contributed by atoms with Crippen LogP contribution in [-0.4, -0.2) is 58.7 Å². The van der Waals surface area contributed by atoms with Crippen molar-refractivity contribution in [2.24, 2.45) is 0 Å². The van der Waals surface area contributed by atoms with Crippen LogP contribution < -0.4 is 10.2 Å². The fourth-order valence-electron chi connectivity index (χ4n) is 4.18. The van der Waals surface area contributed by atoms with Gasteiger partial charge in [-0.05, 0) is 32.0 Å². The molecule has 1 aliphatic heterocycles. The van der Waals surface area contributed by atoms with Crippen LogP contribution in [0.15, 0.2) is 59.1 Å². The van der Waals surface area contributed by atoms with E-state index in [1.165, 1.54) is 0 Å². The highest BCUT2D eigenvalue weighted by molar-refractivity contribution is 6.01. The van der Waals surface area contributed by atoms with Crippen molar-refractivity contribution in [1.82, 2.24) is 20.0 Å². The average molecular weight is 443 g/mol. The van der Waals surface area contributed by atoms with Gasteiger partial charge < -0.3 is 19.6 Å². The maximum atomic E-state index is 13.3. The third-order valence-corrected chi connectivity index (χ3v) is 5.83. The third-order valence-electron chi connectivity index (χ3n) is 5.83. The number of anilines is 2. The molecule has 168 valence electrons. The van der Waals surface area contributed by atoms with E-state index in [1.807, 2.05) is 73.3 Å². The minimum atomic E-state index is 0.0176. The van der Waals surface area contributed by atoms with E-state index >= 15 is 0 Å². The summed E-state index contributed by atoms with van der Waals surface area (Å²) in [7, 11) is 0. The molecule has 4 aromatic rings. The Bertz CT molecular complexity index is 1280. The van der Waals surface area contributed by atoms with Crippen LogP contribution in [0.5, 0.6) is 0 Å². The first-order valence-corrected chi connectivity index (χ1v) is 11.2. The summed E-state index contributed by atoms with van der Waals surface area (Å²) >= 11 is 0. The fraction of sp³-hybridized carbons (Fsp3) is 0.280. The quantitative estimate of drug-likeness (QED) is 0.500. The first-order chi connectivity index (χ1) is 16.1. The molecule has 1 saturated heterocycles. The van der Waals surface area contributed by atoms with E-state index < -0.39 is 0 Å². The summed E-state index contributed by atoms with van der Waals surface area (Å²) in [5.41, 5.74) is 2.32. The predicted octanol–water partition coefficient (Wildman–Crippen LogP) is 3.99. The molecule has 1 amide bonds. The van der Waals surface area contributed by atoms with Crippen LogP contribution in [0, 0.1) is 6.92 Å². The van der Waals surface area contributed by atoms with Gasteiger partial charge in [-0.15, -0.1) is 0 Å². The number of carbonyl (C=O) groups excluding carboxylic acids is 1. The molecule has 2 aromatic heterocycles. The number of carbonyl (C=O) groups is 1. The summed E-state index contributed by atoms with van der Waals surface area (Å²) < 4.78 is 5.58. The van der Waals surface area contributed by atoms with E-state index in [-0.39, 0.29) is 5.91 Å². The molecule has 0 aliphatic carbocycles. The zero-order valence-electron chi connectivity index (χ0n) is 18.8. The van der Waals surface area contributed by atoms with Crippen molar-refractivity contribution in [1.29, 1.82) is 0 Å². The number of hydrogen-bond acceptors (Lipinski definition) is 7. The molecule has 8 nitrogen and oxygen atoms in total. The molecule has 8 heteroatoms. The number of nitrogens with one attached hydrogen (secondary N) is 1. The van der Waals surface area contributed by atoms with Gasteiger partial charge in [0.1, 0.15) is 23.0 Å². The lowest BCUT2D eigenvalue weighted by Crippen LogP contribution is -2.49. The molecular weight excluding hydrogens is 416 g/mol. The van der Waals surface area contributed by atoms with Gasteiger partial charge in [0.25, 0.3) is 5.91 Å². The normalized spacial score (nSPS) is 14.0. The summed E-state index contributed by atoms with van der Waals surface area (Å²) in [6, 6.07) is 17.4. The van der Waals surface area contributed by atoms with Crippen LogP contribution in [0.3, 0.4) is 0 Å². The topological polar surface area (TPSA) is 87.4 Å². The standard InChI is InChI=1S/C25H26N6O2/c1-3-26-22-16-23(28-17(2)27-22)30-11-13-31(14-12-30)25(32)19-9-10-21-20(15-19)24(33-29-21)18-7-5-4-6-8-18/h4-10,15-16H,3,11-14H2,1-2H3,(H,26,27,28). The maximum Gasteiger partial charge on any atom is 0.254 e. The molecule has 0 unspecified atom stereocenters. The minimum Gasteiger partial charge on any atom is -0.370 e. The zero-order chi connectivity index (χ0) is 22.8. The molecule has 3 heterocycles. The van der Waals surface area contributed by atoms with Crippen LogP contribution in [0.2, 0.25) is 0 Å². The molecule has 1 fully saturated rings. The summed E-state index contributed by atoms with van der Waals surface area (Å²) in [5.74, 6) is 3.15. The van der Waals surface area contributed by atoms with Gasteiger partial charge >= 0.3 is 0 Å². The van der Waals surface area contributed by atoms with Gasteiger partial charge in [0.15, 0.2) is 5.76 Å². The Balaban J connectivity index is 1.32. The molecule has 33 heavy (non-hydrogen) atoms. The second-order valence-corrected chi connectivity index (χ2v) is 8.08. The Kier molecular flexibility index (Phi) is 5.64. The van der Waals surface area contributed by atoms with Gasteiger partial charge in [0.2, 0.25) is 0 Å². The van der Waals surface area contributed by atoms with Gasteiger partial charge in [-0.1, -0.05) is 35.5 Å². The number of benzene rings is 2. The first kappa shape index (κ1) is 20.9. The molecule has 0 radical (unpaired) electrons. The van der Waals surface area contributed by atoms with Crippen LogP contribution in [0.1, 0.15) is 23.1 Å². The summed E-state index contributed by atoms with van der Waals surface area (Å²) in [4.78, 5) is 26.4. The van der Waals surface area contributed by atoms with Gasteiger partial charge in [-0.3, -0.25) is 4.79 Å². The fourth-order valence-corrected chi connectivity index (χ4v) is 4.18. The second-order valence-electron chi connectivity index (χ2n) is 8.08. The molecule has 1 aliphatic rings. The van der Waals surface area contributed by atoms with Gasteiger partial charge in [0.05, 0.1) is 5.39 Å². The Morgan fingerprint density at radius 2 is 1.82 bits per heavy atom. The largest absolute Gasteiger partial charge is 0.370 e. The smallest absolute Gasteiger partial charge is 0.254 e. The molecule has 0 bridgehead atoms. The highest BCUT2D eigenvalue weighted by Gasteiger charge is 2.24. The maximum absolute atomic E-state index is 13.3. The first-order valence-electron chi connectivity index (χ1n) is 11.2. The van der Waals surface area contributed by atoms with Crippen molar-refractivity contribution in [2.45, 2.75) is 13.8 Å². The third kappa shape index (κ3) is 4.24. The highest BCUT2D eigenvalue weighted by atomic mass is 16.5. The van der Waals surface area contributed by atoms with Crippen LogP contribution in [0.25, 0.3) is 22.2 Å². The number of amides is 1. The van der Waals surface area contributed by atoms with E-state index in [9.17, 15) is 4.79 Å². The number of fused-ring (bicyclic) bond motifs is 1. The molecule has 0 spiro atoms. The van der Waals surface area contributed by atoms with Crippen molar-refractivity contribution in [3.8, 4) is 11.3 Å². The van der Waals surface area contributed by atoms with E-state index in [0.717, 1.165) is 53.6 Å².